The van der Waals surface area contributed by atoms with Gasteiger partial charge in [-0.3, -0.25) is 14.4 Å². The van der Waals surface area contributed by atoms with Crippen LogP contribution in [0.4, 0.5) is 0 Å². The Morgan fingerprint density at radius 2 is 1.88 bits per heavy atom. The number of allylic oxidation sites excluding steroid dienone is 2. The van der Waals surface area contributed by atoms with Crippen molar-refractivity contribution < 1.29 is 23.9 Å². The van der Waals surface area contributed by atoms with Gasteiger partial charge in [-0.05, 0) is 41.1 Å². The molecule has 0 radical (unpaired) electrons. The number of carbonyl (C=O) groups excluding carboxylic acids is 3. The number of benzene rings is 1. The SMILES string of the molecule is C=CCOC(=O)C(C(=O)OC)[C@@H]1CC(=O)[C@@H]2[C@H]1[C@]13C=C[C@@]2(c2ccccc2)[C@@]1(C)CCCC3. The fourth-order valence-corrected chi connectivity index (χ4v) is 8.41. The third kappa shape index (κ3) is 2.62. The van der Waals surface area contributed by atoms with Crippen LogP contribution in [0.5, 0.6) is 0 Å². The number of carbonyl (C=O) groups is 3. The van der Waals surface area contributed by atoms with Crippen molar-refractivity contribution in [2.45, 2.75) is 44.4 Å². The summed E-state index contributed by atoms with van der Waals surface area (Å²) in [6, 6.07) is 10.4. The summed E-state index contributed by atoms with van der Waals surface area (Å²) in [5.74, 6) is -2.96. The number of Topliss-reactive ketones (excluding diaryl/α,β-unsaturated/α-hetero) is 1. The molecule has 3 fully saturated rings. The molecule has 2 bridgehead atoms. The second kappa shape index (κ2) is 7.68. The lowest BCUT2D eigenvalue weighted by Gasteiger charge is -2.52. The van der Waals surface area contributed by atoms with Crippen LogP contribution in [-0.2, 0) is 29.3 Å². The molecule has 1 aromatic rings. The summed E-state index contributed by atoms with van der Waals surface area (Å²) in [7, 11) is 1.29. The van der Waals surface area contributed by atoms with Gasteiger partial charge in [-0.2, -0.15) is 0 Å². The van der Waals surface area contributed by atoms with E-state index < -0.39 is 29.2 Å². The summed E-state index contributed by atoms with van der Waals surface area (Å²) in [5.41, 5.74) is 0.372. The van der Waals surface area contributed by atoms with Gasteiger partial charge in [0.05, 0.1) is 7.11 Å². The fourth-order valence-electron chi connectivity index (χ4n) is 8.41. The molecule has 1 unspecified atom stereocenters. The molecule has 0 aromatic heterocycles. The van der Waals surface area contributed by atoms with Crippen molar-refractivity contribution >= 4 is 17.7 Å². The topological polar surface area (TPSA) is 69.7 Å². The lowest BCUT2D eigenvalue weighted by atomic mass is 9.51. The Balaban J connectivity index is 1.67. The van der Waals surface area contributed by atoms with Crippen LogP contribution < -0.4 is 0 Å². The van der Waals surface area contributed by atoms with E-state index in [1.54, 1.807) is 0 Å². The Kier molecular flexibility index (Phi) is 5.15. The minimum atomic E-state index is -1.10. The Bertz CT molecular complexity index is 1030. The van der Waals surface area contributed by atoms with E-state index in [2.05, 4.69) is 37.8 Å². The van der Waals surface area contributed by atoms with Crippen molar-refractivity contribution in [2.24, 2.45) is 34.5 Å². The van der Waals surface area contributed by atoms with Crippen molar-refractivity contribution in [1.82, 2.24) is 0 Å². The lowest BCUT2D eigenvalue weighted by molar-refractivity contribution is -0.164. The first-order valence-corrected chi connectivity index (χ1v) is 12.0. The van der Waals surface area contributed by atoms with Gasteiger partial charge in [0.1, 0.15) is 12.4 Å². The van der Waals surface area contributed by atoms with Gasteiger partial charge < -0.3 is 9.47 Å². The molecular weight excluding hydrogens is 416 g/mol. The molecular formula is C28H32O5. The van der Waals surface area contributed by atoms with Crippen LogP contribution in [0.1, 0.15) is 44.6 Å². The third-order valence-corrected chi connectivity index (χ3v) is 9.52. The van der Waals surface area contributed by atoms with E-state index in [0.717, 1.165) is 31.2 Å². The van der Waals surface area contributed by atoms with Crippen LogP contribution in [-0.4, -0.2) is 31.4 Å². The van der Waals surface area contributed by atoms with Crippen LogP contribution >= 0.6 is 0 Å². The second-order valence-corrected chi connectivity index (χ2v) is 10.4. The predicted molar refractivity (Wildman–Crippen MR) is 123 cm³/mol. The summed E-state index contributed by atoms with van der Waals surface area (Å²) in [4.78, 5) is 39.8. The Hall–Kier alpha value is -2.69. The molecule has 5 nitrogen and oxygen atoms in total. The molecule has 0 saturated heterocycles. The van der Waals surface area contributed by atoms with E-state index in [0.29, 0.717) is 0 Å². The maximum Gasteiger partial charge on any atom is 0.320 e. The molecule has 0 spiro atoms. The van der Waals surface area contributed by atoms with Crippen LogP contribution in [0.25, 0.3) is 0 Å². The monoisotopic (exact) mass is 448 g/mol. The van der Waals surface area contributed by atoms with Gasteiger partial charge in [0.2, 0.25) is 0 Å². The highest BCUT2D eigenvalue weighted by Crippen LogP contribution is 2.81. The van der Waals surface area contributed by atoms with Crippen LogP contribution in [0.2, 0.25) is 0 Å². The highest BCUT2D eigenvalue weighted by Gasteiger charge is 2.80. The molecule has 33 heavy (non-hydrogen) atoms. The predicted octanol–water partition coefficient (Wildman–Crippen LogP) is 4.41. The van der Waals surface area contributed by atoms with Crippen molar-refractivity contribution in [3.8, 4) is 0 Å². The van der Waals surface area contributed by atoms with Gasteiger partial charge in [-0.1, -0.05) is 74.9 Å². The van der Waals surface area contributed by atoms with E-state index in [1.807, 2.05) is 18.2 Å². The zero-order valence-electron chi connectivity index (χ0n) is 19.4. The molecule has 4 aliphatic rings. The average Bonchev–Trinajstić information content (AvgIpc) is 3.38. The van der Waals surface area contributed by atoms with Gasteiger partial charge in [-0.25, -0.2) is 0 Å². The number of methoxy groups -OCH3 is 1. The summed E-state index contributed by atoms with van der Waals surface area (Å²) in [6.45, 7) is 5.96. The number of ketones is 1. The molecule has 174 valence electrons. The molecule has 5 rings (SSSR count). The van der Waals surface area contributed by atoms with E-state index in [1.165, 1.54) is 13.2 Å². The number of hydrogen-bond acceptors (Lipinski definition) is 5. The summed E-state index contributed by atoms with van der Waals surface area (Å²) in [6.07, 6.45) is 10.5. The average molecular weight is 449 g/mol. The maximum atomic E-state index is 13.8. The Morgan fingerprint density at radius 1 is 1.15 bits per heavy atom. The minimum absolute atomic E-state index is 0.0256. The summed E-state index contributed by atoms with van der Waals surface area (Å²) in [5, 5.41) is 0. The van der Waals surface area contributed by atoms with E-state index >= 15 is 0 Å². The van der Waals surface area contributed by atoms with E-state index in [-0.39, 0.29) is 41.5 Å². The smallest absolute Gasteiger partial charge is 0.320 e. The van der Waals surface area contributed by atoms with Gasteiger partial charge in [0.25, 0.3) is 0 Å². The number of hydrogen-bond donors (Lipinski definition) is 0. The highest BCUT2D eigenvalue weighted by atomic mass is 16.5. The first-order chi connectivity index (χ1) is 15.9. The maximum absolute atomic E-state index is 13.8. The van der Waals surface area contributed by atoms with Crippen LogP contribution in [0.15, 0.2) is 55.1 Å². The van der Waals surface area contributed by atoms with Gasteiger partial charge in [0.15, 0.2) is 5.92 Å². The fraction of sp³-hybridized carbons (Fsp3) is 0.536. The molecule has 0 heterocycles. The van der Waals surface area contributed by atoms with E-state index in [9.17, 15) is 14.4 Å². The quantitative estimate of drug-likeness (QED) is 0.366. The van der Waals surface area contributed by atoms with Crippen molar-refractivity contribution in [1.29, 1.82) is 0 Å². The van der Waals surface area contributed by atoms with Crippen LogP contribution in [0, 0.1) is 34.5 Å². The van der Waals surface area contributed by atoms with Crippen molar-refractivity contribution in [3.05, 3.63) is 60.7 Å². The van der Waals surface area contributed by atoms with Crippen molar-refractivity contribution in [2.75, 3.05) is 13.7 Å². The molecule has 5 heteroatoms. The molecule has 0 amide bonds. The highest BCUT2D eigenvalue weighted by molar-refractivity contribution is 5.98. The lowest BCUT2D eigenvalue weighted by Crippen LogP contribution is -2.48. The molecule has 0 aliphatic heterocycles. The molecule has 1 aromatic carbocycles. The second-order valence-electron chi connectivity index (χ2n) is 10.4. The normalized spacial score (nSPS) is 39.0. The number of esters is 2. The standard InChI is InChI=1S/C28H32O5/c1-4-16-33-25(31)21(24(30)32-3)19-17-20(29)23-22(19)27-13-9-8-12-26(27,2)28(23,15-14-27)18-10-6-5-7-11-18/h4-7,10-11,14-15,19,21-23H,1,8-9,12-13,16-17H2,2-3H3/t19-,21?,22-,23+,26-,27-,28-/m0/s1. The first kappa shape index (κ1) is 22.1. The molecule has 0 N–H and O–H groups in total. The summed E-state index contributed by atoms with van der Waals surface area (Å²) >= 11 is 0. The molecule has 7 atom stereocenters. The summed E-state index contributed by atoms with van der Waals surface area (Å²) < 4.78 is 10.4. The third-order valence-electron chi connectivity index (χ3n) is 9.52. The zero-order chi connectivity index (χ0) is 23.4. The Labute approximate surface area is 195 Å². The molecule has 4 aliphatic carbocycles. The van der Waals surface area contributed by atoms with E-state index in [4.69, 9.17) is 9.47 Å². The zero-order valence-corrected chi connectivity index (χ0v) is 19.4. The van der Waals surface area contributed by atoms with Gasteiger partial charge in [-0.15, -0.1) is 0 Å². The molecule has 3 saturated carbocycles. The number of rotatable bonds is 6. The minimum Gasteiger partial charge on any atom is -0.468 e. The van der Waals surface area contributed by atoms with Gasteiger partial charge in [0, 0.05) is 17.8 Å². The van der Waals surface area contributed by atoms with Gasteiger partial charge >= 0.3 is 11.9 Å². The largest absolute Gasteiger partial charge is 0.468 e. The first-order valence-electron chi connectivity index (χ1n) is 12.0. The number of ether oxygens (including phenoxy) is 2. The van der Waals surface area contributed by atoms with Crippen LogP contribution in [0.3, 0.4) is 0 Å². The number of fused-ring (bicyclic) bond motifs is 2. The Morgan fingerprint density at radius 3 is 2.58 bits per heavy atom. The van der Waals surface area contributed by atoms with Crippen molar-refractivity contribution in [3.63, 3.8) is 0 Å².